The topological polar surface area (TPSA) is 81.5 Å². The van der Waals surface area contributed by atoms with Crippen LogP contribution in [0.4, 0.5) is 4.39 Å². The van der Waals surface area contributed by atoms with Crippen molar-refractivity contribution in [3.05, 3.63) is 95.3 Å². The Labute approximate surface area is 228 Å². The summed E-state index contributed by atoms with van der Waals surface area (Å²) in [4.78, 5) is 20.8. The molecule has 0 spiro atoms. The van der Waals surface area contributed by atoms with Gasteiger partial charge in [-0.1, -0.05) is 29.8 Å². The average Bonchev–Trinajstić information content (AvgIpc) is 3.53. The SMILES string of the molecule is CCOC(=O)c1[nH]c2c(-c3cnn4cccnc34)c(Cl)ccc2c1CCCOc1cccc2cc(F)ccc12. The third kappa shape index (κ3) is 4.57. The zero-order chi connectivity index (χ0) is 26.9. The van der Waals surface area contributed by atoms with Crippen molar-refractivity contribution in [2.75, 3.05) is 13.2 Å². The highest BCUT2D eigenvalue weighted by Gasteiger charge is 2.23. The molecule has 9 heteroatoms. The van der Waals surface area contributed by atoms with Crippen LogP contribution in [0.2, 0.25) is 5.02 Å². The smallest absolute Gasteiger partial charge is 0.355 e. The zero-order valence-electron chi connectivity index (χ0n) is 21.1. The first-order chi connectivity index (χ1) is 19.0. The van der Waals surface area contributed by atoms with Gasteiger partial charge in [-0.2, -0.15) is 5.10 Å². The van der Waals surface area contributed by atoms with E-state index in [1.807, 2.05) is 36.5 Å². The fraction of sp³-hybridized carbons (Fsp3) is 0.167. The number of H-pyrrole nitrogens is 1. The Balaban J connectivity index is 1.34. The van der Waals surface area contributed by atoms with Gasteiger partial charge in [-0.3, -0.25) is 0 Å². The standard InChI is InChI=1S/C30H24ClFN4O3/c1-2-38-30(37)28-21(7-4-15-39-25-8-3-6-18-16-19(32)9-10-20(18)25)22-11-12-24(31)26(27(22)35-28)23-17-34-36-14-5-13-33-29(23)36/h3,5-6,8-14,16-17,35H,2,4,7,15H2,1H3. The van der Waals surface area contributed by atoms with Gasteiger partial charge in [0.15, 0.2) is 5.65 Å². The Hall–Kier alpha value is -4.43. The fourth-order valence-electron chi connectivity index (χ4n) is 4.98. The first-order valence-electron chi connectivity index (χ1n) is 12.6. The Morgan fingerprint density at radius 2 is 2.00 bits per heavy atom. The third-order valence-corrected chi connectivity index (χ3v) is 7.01. The van der Waals surface area contributed by atoms with Gasteiger partial charge in [0.25, 0.3) is 0 Å². The molecule has 39 heavy (non-hydrogen) atoms. The highest BCUT2D eigenvalue weighted by molar-refractivity contribution is 6.35. The second kappa shape index (κ2) is 10.4. The molecular formula is C30H24ClFN4O3. The quantitative estimate of drug-likeness (QED) is 0.165. The minimum Gasteiger partial charge on any atom is -0.493 e. The average molecular weight is 543 g/mol. The van der Waals surface area contributed by atoms with Gasteiger partial charge in [0.2, 0.25) is 0 Å². The van der Waals surface area contributed by atoms with E-state index in [1.54, 1.807) is 36.0 Å². The number of nitrogens with zero attached hydrogens (tertiary/aromatic N) is 3. The summed E-state index contributed by atoms with van der Waals surface area (Å²) in [5, 5.41) is 7.41. The molecule has 0 aliphatic heterocycles. The second-order valence-corrected chi connectivity index (χ2v) is 9.47. The van der Waals surface area contributed by atoms with E-state index in [9.17, 15) is 9.18 Å². The third-order valence-electron chi connectivity index (χ3n) is 6.69. The van der Waals surface area contributed by atoms with Gasteiger partial charge in [0.05, 0.1) is 35.5 Å². The number of carbonyl (C=O) groups is 1. The number of halogens is 2. The Morgan fingerprint density at radius 1 is 1.13 bits per heavy atom. The van der Waals surface area contributed by atoms with Crippen LogP contribution in [0.15, 0.2) is 73.2 Å². The van der Waals surface area contributed by atoms with Crippen molar-refractivity contribution in [3.63, 3.8) is 0 Å². The van der Waals surface area contributed by atoms with Gasteiger partial charge in [0, 0.05) is 28.7 Å². The lowest BCUT2D eigenvalue weighted by Gasteiger charge is -2.10. The van der Waals surface area contributed by atoms with Crippen LogP contribution < -0.4 is 4.74 Å². The summed E-state index contributed by atoms with van der Waals surface area (Å²) in [7, 11) is 0. The molecule has 0 aliphatic rings. The molecule has 0 saturated carbocycles. The Kier molecular flexibility index (Phi) is 6.62. The number of fused-ring (bicyclic) bond motifs is 3. The highest BCUT2D eigenvalue weighted by atomic mass is 35.5. The van der Waals surface area contributed by atoms with Gasteiger partial charge in [-0.05, 0) is 67.1 Å². The molecule has 3 heterocycles. The summed E-state index contributed by atoms with van der Waals surface area (Å²) < 4.78 is 26.8. The molecule has 196 valence electrons. The number of carbonyl (C=O) groups excluding carboxylic acids is 1. The lowest BCUT2D eigenvalue weighted by molar-refractivity contribution is 0.0519. The summed E-state index contributed by atoms with van der Waals surface area (Å²) in [6.07, 6.45) is 6.42. The van der Waals surface area contributed by atoms with Crippen molar-refractivity contribution in [2.24, 2.45) is 0 Å². The van der Waals surface area contributed by atoms with E-state index in [-0.39, 0.29) is 12.4 Å². The van der Waals surface area contributed by atoms with Crippen molar-refractivity contribution in [3.8, 4) is 16.9 Å². The molecule has 0 saturated heterocycles. The summed E-state index contributed by atoms with van der Waals surface area (Å²) in [6.45, 7) is 2.44. The number of rotatable bonds is 8. The number of aromatic nitrogens is 4. The number of aryl methyl sites for hydroxylation is 1. The number of aromatic amines is 1. The monoisotopic (exact) mass is 542 g/mol. The van der Waals surface area contributed by atoms with Crippen molar-refractivity contribution in [2.45, 2.75) is 19.8 Å². The Bertz CT molecular complexity index is 1850. The Morgan fingerprint density at radius 3 is 2.87 bits per heavy atom. The van der Waals surface area contributed by atoms with E-state index in [1.165, 1.54) is 12.1 Å². The normalized spacial score (nSPS) is 11.5. The molecule has 6 rings (SSSR count). The molecular weight excluding hydrogens is 519 g/mol. The molecule has 0 aliphatic carbocycles. The van der Waals surface area contributed by atoms with Gasteiger partial charge in [0.1, 0.15) is 17.3 Å². The van der Waals surface area contributed by atoms with Gasteiger partial charge in [-0.25, -0.2) is 18.7 Å². The molecule has 3 aromatic heterocycles. The largest absolute Gasteiger partial charge is 0.493 e. The molecule has 6 aromatic rings. The number of ether oxygens (including phenoxy) is 2. The number of benzene rings is 3. The first-order valence-corrected chi connectivity index (χ1v) is 13.0. The maximum Gasteiger partial charge on any atom is 0.355 e. The number of hydrogen-bond donors (Lipinski definition) is 1. The maximum absolute atomic E-state index is 13.6. The van der Waals surface area contributed by atoms with Crippen LogP contribution in [0.3, 0.4) is 0 Å². The number of hydrogen-bond acceptors (Lipinski definition) is 5. The minimum absolute atomic E-state index is 0.254. The van der Waals surface area contributed by atoms with Gasteiger partial charge in [-0.15, -0.1) is 0 Å². The molecule has 0 atom stereocenters. The van der Waals surface area contributed by atoms with E-state index in [0.717, 1.165) is 38.4 Å². The van der Waals surface area contributed by atoms with Crippen LogP contribution in [-0.4, -0.2) is 38.8 Å². The van der Waals surface area contributed by atoms with Crippen molar-refractivity contribution < 1.29 is 18.7 Å². The lowest BCUT2D eigenvalue weighted by atomic mass is 10.0. The fourth-order valence-corrected chi connectivity index (χ4v) is 5.24. The minimum atomic E-state index is -0.430. The second-order valence-electron chi connectivity index (χ2n) is 9.06. The molecule has 0 radical (unpaired) electrons. The van der Waals surface area contributed by atoms with Crippen LogP contribution in [0, 0.1) is 5.82 Å². The molecule has 0 bridgehead atoms. The van der Waals surface area contributed by atoms with Crippen LogP contribution >= 0.6 is 11.6 Å². The highest BCUT2D eigenvalue weighted by Crippen LogP contribution is 2.39. The molecule has 0 unspecified atom stereocenters. The zero-order valence-corrected chi connectivity index (χ0v) is 21.8. The summed E-state index contributed by atoms with van der Waals surface area (Å²) >= 11 is 6.71. The summed E-state index contributed by atoms with van der Waals surface area (Å²) in [5.74, 6) is -0.0303. The molecule has 3 aromatic carbocycles. The van der Waals surface area contributed by atoms with E-state index >= 15 is 0 Å². The van der Waals surface area contributed by atoms with Crippen molar-refractivity contribution in [1.29, 1.82) is 0 Å². The van der Waals surface area contributed by atoms with Crippen LogP contribution in [0.5, 0.6) is 5.75 Å². The molecule has 0 amide bonds. The predicted molar refractivity (Wildman–Crippen MR) is 149 cm³/mol. The van der Waals surface area contributed by atoms with Crippen molar-refractivity contribution >= 4 is 44.9 Å². The van der Waals surface area contributed by atoms with E-state index in [4.69, 9.17) is 21.1 Å². The van der Waals surface area contributed by atoms with E-state index < -0.39 is 5.97 Å². The van der Waals surface area contributed by atoms with Crippen LogP contribution in [0.1, 0.15) is 29.4 Å². The summed E-state index contributed by atoms with van der Waals surface area (Å²) in [5.41, 5.74) is 4.07. The lowest BCUT2D eigenvalue weighted by Crippen LogP contribution is -2.09. The van der Waals surface area contributed by atoms with Crippen LogP contribution in [0.25, 0.3) is 38.4 Å². The van der Waals surface area contributed by atoms with E-state index in [2.05, 4.69) is 15.1 Å². The number of nitrogens with one attached hydrogen (secondary N) is 1. The predicted octanol–water partition coefficient (Wildman–Crippen LogP) is 7.01. The first kappa shape index (κ1) is 24.9. The van der Waals surface area contributed by atoms with Crippen LogP contribution in [-0.2, 0) is 11.2 Å². The number of esters is 1. The molecule has 0 fully saturated rings. The van der Waals surface area contributed by atoms with E-state index in [0.29, 0.717) is 41.6 Å². The van der Waals surface area contributed by atoms with Gasteiger partial charge >= 0.3 is 5.97 Å². The van der Waals surface area contributed by atoms with Crippen molar-refractivity contribution in [1.82, 2.24) is 19.6 Å². The molecule has 7 nitrogen and oxygen atoms in total. The summed E-state index contributed by atoms with van der Waals surface area (Å²) in [6, 6.07) is 15.7. The van der Waals surface area contributed by atoms with Gasteiger partial charge < -0.3 is 14.5 Å². The molecule has 1 N–H and O–H groups in total. The maximum atomic E-state index is 13.6.